The third-order valence-corrected chi connectivity index (χ3v) is 8.25. The maximum Gasteiger partial charge on any atom is 0.331 e. The van der Waals surface area contributed by atoms with E-state index in [1.54, 1.807) is 0 Å². The van der Waals surface area contributed by atoms with E-state index in [0.717, 1.165) is 17.7 Å². The van der Waals surface area contributed by atoms with Crippen LogP contribution in [0, 0.1) is 0 Å². The maximum absolute atomic E-state index is 11.3. The van der Waals surface area contributed by atoms with Crippen molar-refractivity contribution in [3.05, 3.63) is 94.6 Å². The highest BCUT2D eigenvalue weighted by atomic mass is 16.7. The zero-order valence-corrected chi connectivity index (χ0v) is 22.3. The Morgan fingerprint density at radius 3 is 2.25 bits per heavy atom. The molecule has 1 heterocycles. The van der Waals surface area contributed by atoms with Gasteiger partial charge in [-0.15, -0.1) is 0 Å². The molecule has 184 valence electrons. The van der Waals surface area contributed by atoms with Crippen LogP contribution < -0.4 is 4.90 Å². The lowest BCUT2D eigenvalue weighted by Gasteiger charge is -2.43. The van der Waals surface area contributed by atoms with Gasteiger partial charge >= 0.3 is 5.97 Å². The lowest BCUT2D eigenvalue weighted by atomic mass is 9.70. The van der Waals surface area contributed by atoms with Crippen LogP contribution in [0.25, 0.3) is 11.1 Å². The molecule has 1 aliphatic carbocycles. The molecule has 3 aromatic carbocycles. The van der Waals surface area contributed by atoms with E-state index in [1.165, 1.54) is 51.7 Å². The van der Waals surface area contributed by atoms with Crippen molar-refractivity contribution in [1.82, 2.24) is 0 Å². The van der Waals surface area contributed by atoms with Crippen LogP contribution >= 0.6 is 0 Å². The Balaban J connectivity index is 1.74. The molecule has 36 heavy (non-hydrogen) atoms. The van der Waals surface area contributed by atoms with Gasteiger partial charge in [-0.3, -0.25) is 0 Å². The number of hydrogen-bond donors (Lipinski definition) is 0. The van der Waals surface area contributed by atoms with E-state index in [4.69, 9.17) is 4.84 Å². The fourth-order valence-corrected chi connectivity index (χ4v) is 6.01. The monoisotopic (exact) mass is 478 g/mol. The lowest BCUT2D eigenvalue weighted by Crippen LogP contribution is -2.34. The number of fused-ring (bicyclic) bond motifs is 5. The molecule has 4 heteroatoms. The Morgan fingerprint density at radius 2 is 1.58 bits per heavy atom. The van der Waals surface area contributed by atoms with Crippen LogP contribution in [0.4, 0.5) is 11.4 Å². The van der Waals surface area contributed by atoms with E-state index in [9.17, 15) is 4.79 Å². The van der Waals surface area contributed by atoms with Crippen LogP contribution in [-0.4, -0.2) is 18.2 Å². The van der Waals surface area contributed by atoms with Crippen molar-refractivity contribution in [3.8, 4) is 11.1 Å². The summed E-state index contributed by atoms with van der Waals surface area (Å²) in [6.07, 6.45) is 0. The second-order valence-electron chi connectivity index (χ2n) is 10.7. The molecule has 0 radical (unpaired) electrons. The number of carbonyl (C=O) groups is 1. The van der Waals surface area contributed by atoms with Crippen molar-refractivity contribution in [2.24, 2.45) is 5.16 Å². The maximum atomic E-state index is 11.3. The first kappa shape index (κ1) is 24.1. The molecular formula is C32H34N2O2. The molecule has 0 N–H and O–H groups in total. The number of oxime groups is 1. The third-order valence-electron chi connectivity index (χ3n) is 8.25. The number of rotatable bonds is 4. The van der Waals surface area contributed by atoms with Gasteiger partial charge in [0, 0.05) is 35.7 Å². The highest BCUT2D eigenvalue weighted by Gasteiger charge is 2.44. The first-order valence-corrected chi connectivity index (χ1v) is 12.6. The van der Waals surface area contributed by atoms with Gasteiger partial charge in [0.1, 0.15) is 0 Å². The zero-order valence-electron chi connectivity index (χ0n) is 22.3. The number of hydrogen-bond acceptors (Lipinski definition) is 4. The average Bonchev–Trinajstić information content (AvgIpc) is 3.11. The van der Waals surface area contributed by atoms with Crippen molar-refractivity contribution in [3.63, 3.8) is 0 Å². The van der Waals surface area contributed by atoms with Gasteiger partial charge < -0.3 is 9.74 Å². The highest BCUT2D eigenvalue weighted by Crippen LogP contribution is 2.57. The zero-order chi connectivity index (χ0) is 26.0. The fraction of sp³-hybridized carbons (Fsp3) is 0.312. The Bertz CT molecular complexity index is 1460. The minimum Gasteiger partial charge on any atom is -0.341 e. The Morgan fingerprint density at radius 1 is 0.889 bits per heavy atom. The molecule has 4 nitrogen and oxygen atoms in total. The Labute approximate surface area is 214 Å². The van der Waals surface area contributed by atoms with E-state index in [0.29, 0.717) is 5.71 Å². The van der Waals surface area contributed by atoms with Crippen molar-refractivity contribution in [1.29, 1.82) is 0 Å². The molecule has 0 spiro atoms. The summed E-state index contributed by atoms with van der Waals surface area (Å²) in [5.74, 6) is -0.422. The van der Waals surface area contributed by atoms with Crippen LogP contribution in [0.5, 0.6) is 0 Å². The quantitative estimate of drug-likeness (QED) is 0.167. The number of benzene rings is 3. The minimum absolute atomic E-state index is 0.223. The Kier molecular flexibility index (Phi) is 5.47. The van der Waals surface area contributed by atoms with Gasteiger partial charge in [-0.2, -0.15) is 0 Å². The number of carbonyl (C=O) groups excluding carboxylic acids is 1. The summed E-state index contributed by atoms with van der Waals surface area (Å²) in [7, 11) is 0. The van der Waals surface area contributed by atoms with Crippen LogP contribution in [0.2, 0.25) is 0 Å². The predicted molar refractivity (Wildman–Crippen MR) is 148 cm³/mol. The molecule has 0 aromatic heterocycles. The molecule has 0 saturated heterocycles. The van der Waals surface area contributed by atoms with Crippen LogP contribution in [-0.2, 0) is 20.5 Å². The molecule has 1 atom stereocenters. The first-order chi connectivity index (χ1) is 17.0. The topological polar surface area (TPSA) is 41.9 Å². The second kappa shape index (κ2) is 8.19. The second-order valence-corrected chi connectivity index (χ2v) is 10.7. The molecule has 3 aromatic rings. The van der Waals surface area contributed by atoms with Crippen molar-refractivity contribution >= 4 is 23.1 Å². The van der Waals surface area contributed by atoms with Crippen LogP contribution in [0.3, 0.4) is 0 Å². The molecule has 0 bridgehead atoms. The molecule has 1 aliphatic heterocycles. The molecule has 2 aliphatic rings. The number of nitrogens with zero attached hydrogens (tertiary/aromatic N) is 2. The summed E-state index contributed by atoms with van der Waals surface area (Å²) >= 11 is 0. The van der Waals surface area contributed by atoms with Gasteiger partial charge in [0.15, 0.2) is 0 Å². The summed E-state index contributed by atoms with van der Waals surface area (Å²) in [5.41, 5.74) is 12.6. The molecule has 5 rings (SSSR count). The molecule has 0 amide bonds. The van der Waals surface area contributed by atoms with Gasteiger partial charge in [0.25, 0.3) is 0 Å². The largest absolute Gasteiger partial charge is 0.341 e. The number of allylic oxidation sites excluding steroid dienone is 1. The highest BCUT2D eigenvalue weighted by molar-refractivity contribution is 6.00. The van der Waals surface area contributed by atoms with Gasteiger partial charge in [-0.1, -0.05) is 61.5 Å². The fourth-order valence-electron chi connectivity index (χ4n) is 6.01. The summed E-state index contributed by atoms with van der Waals surface area (Å²) in [6, 6.07) is 20.0. The Hall–Kier alpha value is -3.66. The van der Waals surface area contributed by atoms with E-state index < -0.39 is 5.97 Å². The van der Waals surface area contributed by atoms with Gasteiger partial charge in [0.2, 0.25) is 0 Å². The van der Waals surface area contributed by atoms with Gasteiger partial charge in [-0.25, -0.2) is 4.79 Å². The normalized spacial score (nSPS) is 19.2. The lowest BCUT2D eigenvalue weighted by molar-refractivity contribution is -0.140. The van der Waals surface area contributed by atoms with E-state index in [-0.39, 0.29) is 10.8 Å². The standard InChI is InChI=1S/C32H34N2O2/c1-9-34-29-15-14-22(20(4)33-36-21(5)35)16-27(29)31(6,7)28-17-24-23-12-10-11-13-25(23)32(8,19(2)3)26(24)18-30(28)34/h10-18H,2,9H2,1,3-8H3. The van der Waals surface area contributed by atoms with E-state index in [1.807, 2.05) is 6.92 Å². The van der Waals surface area contributed by atoms with Crippen molar-refractivity contribution < 1.29 is 9.63 Å². The summed E-state index contributed by atoms with van der Waals surface area (Å²) in [4.78, 5) is 18.6. The van der Waals surface area contributed by atoms with Crippen LogP contribution in [0.15, 0.2) is 71.9 Å². The molecule has 0 saturated carbocycles. The molecule has 0 fully saturated rings. The predicted octanol–water partition coefficient (Wildman–Crippen LogP) is 7.63. The van der Waals surface area contributed by atoms with Crippen LogP contribution in [0.1, 0.15) is 76.3 Å². The molecule has 1 unspecified atom stereocenters. The summed E-state index contributed by atoms with van der Waals surface area (Å²) in [5, 5.41) is 4.02. The molecular weight excluding hydrogens is 444 g/mol. The van der Waals surface area contributed by atoms with E-state index in [2.05, 4.69) is 106 Å². The smallest absolute Gasteiger partial charge is 0.331 e. The van der Waals surface area contributed by atoms with E-state index >= 15 is 0 Å². The van der Waals surface area contributed by atoms with Gasteiger partial charge in [0.05, 0.1) is 5.71 Å². The summed E-state index contributed by atoms with van der Waals surface area (Å²) in [6.45, 7) is 19.7. The van der Waals surface area contributed by atoms with Crippen molar-refractivity contribution in [2.45, 2.75) is 59.3 Å². The van der Waals surface area contributed by atoms with Gasteiger partial charge in [-0.05, 0) is 90.9 Å². The summed E-state index contributed by atoms with van der Waals surface area (Å²) < 4.78 is 0. The first-order valence-electron chi connectivity index (χ1n) is 12.6. The minimum atomic E-state index is -0.422. The van der Waals surface area contributed by atoms with Crippen molar-refractivity contribution in [2.75, 3.05) is 11.4 Å². The third kappa shape index (κ3) is 3.27. The average molecular weight is 479 g/mol. The SMILES string of the molecule is C=C(C)C1(C)c2ccccc2-c2cc3c(cc21)N(CC)c1ccc(C(C)=NOC(C)=O)cc1C3(C)C. The number of anilines is 2.